The highest BCUT2D eigenvalue weighted by molar-refractivity contribution is 5.99. The van der Waals surface area contributed by atoms with Crippen LogP contribution in [0.15, 0.2) is 30.4 Å². The van der Waals surface area contributed by atoms with E-state index in [0.29, 0.717) is 23.7 Å². The maximum absolute atomic E-state index is 11.9. The number of benzene rings is 1. The van der Waals surface area contributed by atoms with Crippen LogP contribution in [0.25, 0.3) is 0 Å². The van der Waals surface area contributed by atoms with Gasteiger partial charge in [-0.05, 0) is 19.1 Å². The lowest BCUT2D eigenvalue weighted by Gasteiger charge is -2.29. The quantitative estimate of drug-likeness (QED) is 0.780. The lowest BCUT2D eigenvalue weighted by Crippen LogP contribution is -2.39. The largest absolute Gasteiger partial charge is 0.481 e. The van der Waals surface area contributed by atoms with Crippen LogP contribution in [0.3, 0.4) is 0 Å². The van der Waals surface area contributed by atoms with Crippen molar-refractivity contribution in [1.29, 1.82) is 0 Å². The fourth-order valence-electron chi connectivity index (χ4n) is 2.17. The molecule has 0 bridgehead atoms. The molecule has 0 aliphatic carbocycles. The SMILES string of the molecule is C=C(C)CN1C(=O)COc2cc(NC(=O)CCC(=O)O)ccc21. The Morgan fingerprint density at radius 1 is 1.39 bits per heavy atom. The molecule has 0 radical (unpaired) electrons. The maximum Gasteiger partial charge on any atom is 0.303 e. The fraction of sp³-hybridized carbons (Fsp3) is 0.312. The van der Waals surface area contributed by atoms with E-state index in [1.165, 1.54) is 0 Å². The van der Waals surface area contributed by atoms with E-state index in [0.717, 1.165) is 5.57 Å². The van der Waals surface area contributed by atoms with Gasteiger partial charge in [0, 0.05) is 24.7 Å². The van der Waals surface area contributed by atoms with Crippen molar-refractivity contribution in [3.8, 4) is 5.75 Å². The maximum atomic E-state index is 11.9. The molecular weight excluding hydrogens is 300 g/mol. The number of nitrogens with zero attached hydrogens (tertiary/aromatic N) is 1. The molecule has 0 spiro atoms. The van der Waals surface area contributed by atoms with Gasteiger partial charge >= 0.3 is 5.97 Å². The summed E-state index contributed by atoms with van der Waals surface area (Å²) in [6.07, 6.45) is -0.332. The number of aliphatic carboxylic acids is 1. The van der Waals surface area contributed by atoms with Crippen LogP contribution in [0.4, 0.5) is 11.4 Å². The summed E-state index contributed by atoms with van der Waals surface area (Å²) in [6, 6.07) is 4.94. The highest BCUT2D eigenvalue weighted by atomic mass is 16.5. The molecule has 1 aromatic rings. The van der Waals surface area contributed by atoms with Crippen LogP contribution in [0.5, 0.6) is 5.75 Å². The van der Waals surface area contributed by atoms with Crippen molar-refractivity contribution in [2.45, 2.75) is 19.8 Å². The Balaban J connectivity index is 2.13. The van der Waals surface area contributed by atoms with Gasteiger partial charge in [0.2, 0.25) is 5.91 Å². The second kappa shape index (κ2) is 6.95. The van der Waals surface area contributed by atoms with Gasteiger partial charge in [-0.2, -0.15) is 0 Å². The predicted molar refractivity (Wildman–Crippen MR) is 84.6 cm³/mol. The number of carboxylic acid groups (broad SMARTS) is 1. The second-order valence-corrected chi connectivity index (χ2v) is 5.35. The molecule has 23 heavy (non-hydrogen) atoms. The Bertz CT molecular complexity index is 668. The van der Waals surface area contributed by atoms with Crippen LogP contribution in [0, 0.1) is 0 Å². The molecule has 7 heteroatoms. The summed E-state index contributed by atoms with van der Waals surface area (Å²) in [5, 5.41) is 11.2. The summed E-state index contributed by atoms with van der Waals surface area (Å²) in [5.41, 5.74) is 1.95. The van der Waals surface area contributed by atoms with E-state index in [4.69, 9.17) is 9.84 Å². The minimum Gasteiger partial charge on any atom is -0.481 e. The third kappa shape index (κ3) is 4.32. The van der Waals surface area contributed by atoms with E-state index in [2.05, 4.69) is 11.9 Å². The number of carbonyl (C=O) groups is 3. The highest BCUT2D eigenvalue weighted by Crippen LogP contribution is 2.34. The monoisotopic (exact) mass is 318 g/mol. The molecule has 1 aliphatic heterocycles. The van der Waals surface area contributed by atoms with E-state index in [1.807, 2.05) is 6.92 Å². The van der Waals surface area contributed by atoms with Crippen molar-refractivity contribution in [2.24, 2.45) is 0 Å². The lowest BCUT2D eigenvalue weighted by atomic mass is 10.2. The summed E-state index contributed by atoms with van der Waals surface area (Å²) in [6.45, 7) is 5.97. The van der Waals surface area contributed by atoms with Gasteiger partial charge in [0.05, 0.1) is 12.1 Å². The second-order valence-electron chi connectivity index (χ2n) is 5.35. The Labute approximate surface area is 133 Å². The van der Waals surface area contributed by atoms with Gasteiger partial charge in [0.25, 0.3) is 5.91 Å². The van der Waals surface area contributed by atoms with Crippen LogP contribution in [0.2, 0.25) is 0 Å². The average Bonchev–Trinajstić information content (AvgIpc) is 2.48. The van der Waals surface area contributed by atoms with Crippen LogP contribution in [-0.4, -0.2) is 36.0 Å². The molecule has 0 atom stereocenters. The molecule has 2 amide bonds. The van der Waals surface area contributed by atoms with Crippen molar-refractivity contribution in [2.75, 3.05) is 23.4 Å². The molecule has 0 unspecified atom stereocenters. The zero-order valence-electron chi connectivity index (χ0n) is 12.8. The van der Waals surface area contributed by atoms with Crippen molar-refractivity contribution in [3.63, 3.8) is 0 Å². The fourth-order valence-corrected chi connectivity index (χ4v) is 2.17. The molecular formula is C16H18N2O5. The number of carbonyl (C=O) groups excluding carboxylic acids is 2. The number of fused-ring (bicyclic) bond motifs is 1. The number of ether oxygens (including phenoxy) is 1. The molecule has 0 fully saturated rings. The number of rotatable bonds is 6. The van der Waals surface area contributed by atoms with E-state index in [9.17, 15) is 14.4 Å². The molecule has 1 aliphatic rings. The summed E-state index contributed by atoms with van der Waals surface area (Å²) in [5.74, 6) is -1.08. The number of amides is 2. The standard InChI is InChI=1S/C16H18N2O5/c1-10(2)8-18-12-4-3-11(7-13(12)23-9-15(18)20)17-14(19)5-6-16(21)22/h3-4,7H,1,5-6,8-9H2,2H3,(H,17,19)(H,21,22). The Morgan fingerprint density at radius 2 is 2.13 bits per heavy atom. The van der Waals surface area contributed by atoms with Gasteiger partial charge in [-0.3, -0.25) is 14.4 Å². The Morgan fingerprint density at radius 3 is 2.78 bits per heavy atom. The van der Waals surface area contributed by atoms with E-state index in [1.54, 1.807) is 23.1 Å². The number of hydrogen-bond donors (Lipinski definition) is 2. The lowest BCUT2D eigenvalue weighted by molar-refractivity contribution is -0.138. The van der Waals surface area contributed by atoms with Gasteiger partial charge < -0.3 is 20.1 Å². The van der Waals surface area contributed by atoms with Crippen molar-refractivity contribution < 1.29 is 24.2 Å². The smallest absolute Gasteiger partial charge is 0.303 e. The molecule has 0 aromatic heterocycles. The van der Waals surface area contributed by atoms with Gasteiger partial charge in [-0.1, -0.05) is 12.2 Å². The Kier molecular flexibility index (Phi) is 5.00. The summed E-state index contributed by atoms with van der Waals surface area (Å²) in [4.78, 5) is 35.6. The molecule has 2 N–H and O–H groups in total. The first-order valence-corrected chi connectivity index (χ1v) is 7.10. The third-order valence-corrected chi connectivity index (χ3v) is 3.18. The van der Waals surface area contributed by atoms with Crippen molar-refractivity contribution in [1.82, 2.24) is 0 Å². The molecule has 2 rings (SSSR count). The topological polar surface area (TPSA) is 95.9 Å². The first-order valence-electron chi connectivity index (χ1n) is 7.10. The van der Waals surface area contributed by atoms with Crippen LogP contribution in [-0.2, 0) is 14.4 Å². The predicted octanol–water partition coefficient (Wildman–Crippen LogP) is 1.79. The minimum absolute atomic E-state index is 0.0727. The molecule has 7 nitrogen and oxygen atoms in total. The minimum atomic E-state index is -1.03. The van der Waals surface area contributed by atoms with Gasteiger partial charge in [0.15, 0.2) is 6.61 Å². The van der Waals surface area contributed by atoms with Gasteiger partial charge in [-0.15, -0.1) is 0 Å². The normalized spacial score (nSPS) is 13.1. The zero-order valence-corrected chi connectivity index (χ0v) is 12.8. The molecule has 122 valence electrons. The molecule has 0 saturated carbocycles. The molecule has 1 aromatic carbocycles. The first kappa shape index (κ1) is 16.5. The van der Waals surface area contributed by atoms with Crippen LogP contribution in [0.1, 0.15) is 19.8 Å². The number of anilines is 2. The average molecular weight is 318 g/mol. The van der Waals surface area contributed by atoms with Crippen molar-refractivity contribution in [3.05, 3.63) is 30.4 Å². The molecule has 0 saturated heterocycles. The number of carboxylic acids is 1. The number of hydrogen-bond acceptors (Lipinski definition) is 4. The van der Waals surface area contributed by atoms with Crippen LogP contribution >= 0.6 is 0 Å². The number of nitrogens with one attached hydrogen (secondary N) is 1. The third-order valence-electron chi connectivity index (χ3n) is 3.18. The summed E-state index contributed by atoms with van der Waals surface area (Å²) < 4.78 is 5.40. The van der Waals surface area contributed by atoms with E-state index >= 15 is 0 Å². The van der Waals surface area contributed by atoms with Crippen molar-refractivity contribution >= 4 is 29.2 Å². The van der Waals surface area contributed by atoms with E-state index < -0.39 is 11.9 Å². The first-order chi connectivity index (χ1) is 10.9. The van der Waals surface area contributed by atoms with Crippen LogP contribution < -0.4 is 15.0 Å². The zero-order chi connectivity index (χ0) is 17.0. The van der Waals surface area contributed by atoms with Gasteiger partial charge in [0.1, 0.15) is 5.75 Å². The Hall–Kier alpha value is -2.83. The van der Waals surface area contributed by atoms with Gasteiger partial charge in [-0.25, -0.2) is 0 Å². The summed E-state index contributed by atoms with van der Waals surface area (Å²) >= 11 is 0. The highest BCUT2D eigenvalue weighted by Gasteiger charge is 2.25. The van der Waals surface area contributed by atoms with E-state index in [-0.39, 0.29) is 25.4 Å². The molecule has 1 heterocycles. The summed E-state index contributed by atoms with van der Waals surface area (Å²) in [7, 11) is 0.